The number of nitrogens with zero attached hydrogens (tertiary/aromatic N) is 6. The average molecular weight is 490 g/mol. The Labute approximate surface area is 212 Å². The van der Waals surface area contributed by atoms with Crippen LogP contribution in [0.15, 0.2) is 18.3 Å². The number of nitrogens with one attached hydrogen (secondary N) is 1. The first-order valence-corrected chi connectivity index (χ1v) is 13.4. The highest BCUT2D eigenvalue weighted by Crippen LogP contribution is 2.36. The number of anilines is 1. The van der Waals surface area contributed by atoms with Gasteiger partial charge in [-0.05, 0) is 86.8 Å². The number of rotatable bonds is 8. The van der Waals surface area contributed by atoms with Crippen molar-refractivity contribution in [1.82, 2.24) is 24.5 Å². The first kappa shape index (κ1) is 24.6. The number of hydrogen-bond donors (Lipinski definition) is 1. The maximum absolute atomic E-state index is 13.3. The molecule has 0 spiro atoms. The minimum Gasteiger partial charge on any atom is -0.365 e. The standard InChI is InChI=1S/C28H36FN7/c1-17(2)22-11-12-31-23(13-22)28-35-27-25(36(28)16-20-9-7-19(14-29)8-10-20)26(33-24(15-30)34-27)32-18(3)21-5-4-6-21/h11-13,17-21H,4-10,14,16H2,1-3H3,(H,32,33,34)/t18-,19-,20-/m1/s1. The fourth-order valence-corrected chi connectivity index (χ4v) is 5.59. The first-order valence-electron chi connectivity index (χ1n) is 13.4. The lowest BCUT2D eigenvalue weighted by Crippen LogP contribution is -2.31. The summed E-state index contributed by atoms with van der Waals surface area (Å²) in [6, 6.07) is 6.50. The zero-order valence-electron chi connectivity index (χ0n) is 21.5. The van der Waals surface area contributed by atoms with E-state index in [0.717, 1.165) is 49.3 Å². The third kappa shape index (κ3) is 4.93. The Bertz CT molecular complexity index is 1250. The number of halogens is 1. The molecule has 8 heteroatoms. The van der Waals surface area contributed by atoms with Crippen LogP contribution in [-0.4, -0.2) is 37.2 Å². The summed E-state index contributed by atoms with van der Waals surface area (Å²) in [5.41, 5.74) is 3.35. The molecule has 36 heavy (non-hydrogen) atoms. The number of imidazole rings is 1. The lowest BCUT2D eigenvalue weighted by molar-refractivity contribution is 0.218. The van der Waals surface area contributed by atoms with Gasteiger partial charge in [-0.3, -0.25) is 9.37 Å². The fourth-order valence-electron chi connectivity index (χ4n) is 5.59. The van der Waals surface area contributed by atoms with E-state index in [1.54, 1.807) is 0 Å². The summed E-state index contributed by atoms with van der Waals surface area (Å²) in [6.45, 7) is 7.05. The van der Waals surface area contributed by atoms with Crippen LogP contribution in [0.1, 0.15) is 83.0 Å². The van der Waals surface area contributed by atoms with E-state index in [1.165, 1.54) is 24.8 Å². The average Bonchev–Trinajstić information content (AvgIpc) is 3.21. The predicted octanol–water partition coefficient (Wildman–Crippen LogP) is 6.26. The molecule has 3 aromatic heterocycles. The molecule has 3 heterocycles. The Balaban J connectivity index is 1.61. The van der Waals surface area contributed by atoms with E-state index < -0.39 is 0 Å². The smallest absolute Gasteiger partial charge is 0.236 e. The summed E-state index contributed by atoms with van der Waals surface area (Å²) in [4.78, 5) is 18.7. The quantitative estimate of drug-likeness (QED) is 0.401. The zero-order chi connectivity index (χ0) is 25.2. The van der Waals surface area contributed by atoms with Crippen LogP contribution in [0.3, 0.4) is 0 Å². The van der Waals surface area contributed by atoms with Crippen LogP contribution in [0.5, 0.6) is 0 Å². The first-order chi connectivity index (χ1) is 17.5. The predicted molar refractivity (Wildman–Crippen MR) is 139 cm³/mol. The van der Waals surface area contributed by atoms with E-state index in [9.17, 15) is 9.65 Å². The van der Waals surface area contributed by atoms with Gasteiger partial charge in [-0.2, -0.15) is 15.2 Å². The van der Waals surface area contributed by atoms with Gasteiger partial charge < -0.3 is 9.88 Å². The molecule has 0 saturated heterocycles. The van der Waals surface area contributed by atoms with Crippen molar-refractivity contribution in [2.24, 2.45) is 17.8 Å². The second kappa shape index (κ2) is 10.5. The van der Waals surface area contributed by atoms with Gasteiger partial charge in [-0.15, -0.1) is 0 Å². The molecule has 5 rings (SSSR count). The van der Waals surface area contributed by atoms with Crippen molar-refractivity contribution in [3.8, 4) is 17.6 Å². The SMILES string of the molecule is CC(C)c1ccnc(-c2nc3nc(C#N)nc(N[C@H](C)C4CCC4)c3n2C[C@H]2CC[C@H](CF)CC2)c1. The second-order valence-corrected chi connectivity index (χ2v) is 11.0. The third-order valence-electron chi connectivity index (χ3n) is 8.23. The lowest BCUT2D eigenvalue weighted by atomic mass is 9.80. The van der Waals surface area contributed by atoms with E-state index in [2.05, 4.69) is 57.7 Å². The van der Waals surface area contributed by atoms with Crippen LogP contribution >= 0.6 is 0 Å². The Kier molecular flexibility index (Phi) is 7.17. The molecule has 2 aliphatic rings. The molecule has 1 N–H and O–H groups in total. The molecule has 190 valence electrons. The Hall–Kier alpha value is -3.08. The number of aromatic nitrogens is 5. The van der Waals surface area contributed by atoms with Crippen LogP contribution in [0.2, 0.25) is 0 Å². The molecule has 1 atom stereocenters. The summed E-state index contributed by atoms with van der Waals surface area (Å²) in [5, 5.41) is 13.3. The van der Waals surface area contributed by atoms with Gasteiger partial charge in [-0.25, -0.2) is 4.98 Å². The highest BCUT2D eigenvalue weighted by atomic mass is 19.1. The number of alkyl halides is 1. The van der Waals surface area contributed by atoms with Crippen LogP contribution in [-0.2, 0) is 6.54 Å². The van der Waals surface area contributed by atoms with Gasteiger partial charge >= 0.3 is 0 Å². The molecule has 0 bridgehead atoms. The van der Waals surface area contributed by atoms with Gasteiger partial charge in [0.05, 0.1) is 6.67 Å². The molecule has 3 aromatic rings. The zero-order valence-corrected chi connectivity index (χ0v) is 21.5. The highest BCUT2D eigenvalue weighted by Gasteiger charge is 2.29. The fraction of sp³-hybridized carbons (Fsp3) is 0.607. The summed E-state index contributed by atoms with van der Waals surface area (Å²) in [5.74, 6) is 3.13. The van der Waals surface area contributed by atoms with Gasteiger partial charge in [0.2, 0.25) is 5.82 Å². The van der Waals surface area contributed by atoms with Crippen molar-refractivity contribution in [3.05, 3.63) is 29.7 Å². The van der Waals surface area contributed by atoms with E-state index in [1.807, 2.05) is 12.3 Å². The van der Waals surface area contributed by atoms with Crippen LogP contribution in [0, 0.1) is 29.1 Å². The summed E-state index contributed by atoms with van der Waals surface area (Å²) in [6.07, 6.45) is 9.35. The molecule has 0 unspecified atom stereocenters. The van der Waals surface area contributed by atoms with Crippen molar-refractivity contribution in [1.29, 1.82) is 5.26 Å². The molecular formula is C28H36FN7. The minimum atomic E-state index is -0.226. The largest absolute Gasteiger partial charge is 0.365 e. The Morgan fingerprint density at radius 2 is 1.83 bits per heavy atom. The molecule has 0 radical (unpaired) electrons. The lowest BCUT2D eigenvalue weighted by Gasteiger charge is -2.32. The van der Waals surface area contributed by atoms with Gasteiger partial charge in [-0.1, -0.05) is 20.3 Å². The summed E-state index contributed by atoms with van der Waals surface area (Å²) >= 11 is 0. The van der Waals surface area contributed by atoms with Gasteiger partial charge in [0, 0.05) is 18.8 Å². The molecule has 0 aromatic carbocycles. The minimum absolute atomic E-state index is 0.120. The molecule has 2 aliphatic carbocycles. The maximum atomic E-state index is 13.3. The molecule has 7 nitrogen and oxygen atoms in total. The van der Waals surface area contributed by atoms with Crippen LogP contribution < -0.4 is 5.32 Å². The number of fused-ring (bicyclic) bond motifs is 1. The molecule has 2 saturated carbocycles. The molecule has 0 amide bonds. The summed E-state index contributed by atoms with van der Waals surface area (Å²) in [7, 11) is 0. The second-order valence-electron chi connectivity index (χ2n) is 11.0. The van der Waals surface area contributed by atoms with Crippen molar-refractivity contribution in [2.75, 3.05) is 12.0 Å². The number of nitriles is 1. The molecule has 2 fully saturated rings. The van der Waals surface area contributed by atoms with E-state index in [-0.39, 0.29) is 24.5 Å². The number of hydrogen-bond acceptors (Lipinski definition) is 6. The molecular weight excluding hydrogens is 453 g/mol. The van der Waals surface area contributed by atoms with Crippen LogP contribution in [0.4, 0.5) is 10.2 Å². The van der Waals surface area contributed by atoms with Gasteiger partial charge in [0.15, 0.2) is 17.3 Å². The maximum Gasteiger partial charge on any atom is 0.236 e. The van der Waals surface area contributed by atoms with Gasteiger partial charge in [0.25, 0.3) is 0 Å². The van der Waals surface area contributed by atoms with Gasteiger partial charge in [0.1, 0.15) is 17.3 Å². The Morgan fingerprint density at radius 3 is 2.47 bits per heavy atom. The topological polar surface area (TPSA) is 92.3 Å². The van der Waals surface area contributed by atoms with E-state index in [0.29, 0.717) is 29.2 Å². The van der Waals surface area contributed by atoms with Crippen molar-refractivity contribution in [2.45, 2.75) is 84.2 Å². The molecule has 0 aliphatic heterocycles. The van der Waals surface area contributed by atoms with Crippen molar-refractivity contribution < 1.29 is 4.39 Å². The third-order valence-corrected chi connectivity index (χ3v) is 8.23. The van der Waals surface area contributed by atoms with Crippen molar-refractivity contribution >= 4 is 17.0 Å². The van der Waals surface area contributed by atoms with E-state index in [4.69, 9.17) is 4.98 Å². The van der Waals surface area contributed by atoms with Crippen molar-refractivity contribution in [3.63, 3.8) is 0 Å². The summed E-state index contributed by atoms with van der Waals surface area (Å²) < 4.78 is 15.5. The Morgan fingerprint density at radius 1 is 1.08 bits per heavy atom. The van der Waals surface area contributed by atoms with Crippen LogP contribution in [0.25, 0.3) is 22.7 Å². The normalized spacial score (nSPS) is 21.3. The highest BCUT2D eigenvalue weighted by molar-refractivity contribution is 5.87. The number of pyridine rings is 1. The van der Waals surface area contributed by atoms with E-state index >= 15 is 0 Å². The monoisotopic (exact) mass is 489 g/mol.